The van der Waals surface area contributed by atoms with Gasteiger partial charge in [0.2, 0.25) is 5.88 Å². The quantitative estimate of drug-likeness (QED) is 0.851. The number of carbonyl (C=O) groups excluding carboxylic acids is 1. The minimum atomic E-state index is -4.43. The Morgan fingerprint density at radius 3 is 2.39 bits per heavy atom. The molecule has 0 unspecified atom stereocenters. The van der Waals surface area contributed by atoms with Crippen LogP contribution in [0.5, 0.6) is 5.88 Å². The highest BCUT2D eigenvalue weighted by molar-refractivity contribution is 5.93. The van der Waals surface area contributed by atoms with Crippen molar-refractivity contribution in [3.05, 3.63) is 23.9 Å². The number of carbonyl (C=O) groups is 1. The van der Waals surface area contributed by atoms with Gasteiger partial charge in [0.25, 0.3) is 5.91 Å². The first kappa shape index (κ1) is 21.5. The van der Waals surface area contributed by atoms with Gasteiger partial charge in [0, 0.05) is 25.9 Å². The van der Waals surface area contributed by atoms with Crippen molar-refractivity contribution in [3.63, 3.8) is 0 Å². The van der Waals surface area contributed by atoms with E-state index in [-0.39, 0.29) is 35.2 Å². The Labute approximate surface area is 139 Å². The van der Waals surface area contributed by atoms with Crippen LogP contribution in [0.4, 0.5) is 13.2 Å². The molecule has 1 amide bonds. The van der Waals surface area contributed by atoms with Gasteiger partial charge >= 0.3 is 6.18 Å². The van der Waals surface area contributed by atoms with Gasteiger partial charge in [0.1, 0.15) is 0 Å². The number of amides is 1. The van der Waals surface area contributed by atoms with Gasteiger partial charge in [-0.15, -0.1) is 12.4 Å². The van der Waals surface area contributed by atoms with Crippen molar-refractivity contribution in [1.82, 2.24) is 9.88 Å². The Hall–Kier alpha value is -1.54. The third-order valence-corrected chi connectivity index (χ3v) is 2.93. The van der Waals surface area contributed by atoms with Crippen LogP contribution in [0.1, 0.15) is 24.2 Å². The zero-order chi connectivity index (χ0) is 17.0. The Morgan fingerprint density at radius 1 is 1.35 bits per heavy atom. The van der Waals surface area contributed by atoms with Crippen molar-refractivity contribution in [2.45, 2.75) is 20.0 Å². The van der Waals surface area contributed by atoms with Crippen LogP contribution in [0.2, 0.25) is 0 Å². The summed E-state index contributed by atoms with van der Waals surface area (Å²) in [6, 6.07) is 2.62. The zero-order valence-electron chi connectivity index (χ0n) is 13.2. The van der Waals surface area contributed by atoms with Crippen LogP contribution in [0.25, 0.3) is 0 Å². The molecule has 0 aliphatic rings. The van der Waals surface area contributed by atoms with Crippen LogP contribution in [0, 0.1) is 5.41 Å². The maximum Gasteiger partial charge on any atom is 0.422 e. The minimum Gasteiger partial charge on any atom is -0.468 e. The van der Waals surface area contributed by atoms with E-state index in [4.69, 9.17) is 5.73 Å². The molecular weight excluding hydrogens is 335 g/mol. The van der Waals surface area contributed by atoms with Crippen LogP contribution >= 0.6 is 12.4 Å². The highest BCUT2D eigenvalue weighted by atomic mass is 35.5. The van der Waals surface area contributed by atoms with E-state index in [1.807, 2.05) is 13.8 Å². The molecule has 5 nitrogen and oxygen atoms in total. The Balaban J connectivity index is 0.00000484. The maximum absolute atomic E-state index is 12.2. The number of ether oxygens (including phenoxy) is 1. The fourth-order valence-corrected chi connectivity index (χ4v) is 1.75. The van der Waals surface area contributed by atoms with Crippen LogP contribution in [-0.4, -0.2) is 48.7 Å². The van der Waals surface area contributed by atoms with E-state index < -0.39 is 12.8 Å². The van der Waals surface area contributed by atoms with Crippen molar-refractivity contribution >= 4 is 18.3 Å². The molecule has 0 bridgehead atoms. The Bertz CT molecular complexity index is 507. The monoisotopic (exact) mass is 355 g/mol. The summed E-state index contributed by atoms with van der Waals surface area (Å²) >= 11 is 0. The van der Waals surface area contributed by atoms with Crippen molar-refractivity contribution < 1.29 is 22.7 Å². The molecule has 1 aromatic rings. The fraction of sp³-hybridized carbons (Fsp3) is 0.571. The first-order valence-corrected chi connectivity index (χ1v) is 6.65. The molecular formula is C14H21ClF3N3O2. The summed E-state index contributed by atoms with van der Waals surface area (Å²) in [6.45, 7) is 3.33. The molecule has 0 saturated heterocycles. The van der Waals surface area contributed by atoms with Crippen LogP contribution in [0.15, 0.2) is 18.3 Å². The molecule has 0 aliphatic heterocycles. The zero-order valence-corrected chi connectivity index (χ0v) is 14.0. The Kier molecular flexibility index (Phi) is 7.79. The smallest absolute Gasteiger partial charge is 0.422 e. The lowest BCUT2D eigenvalue weighted by Gasteiger charge is -2.29. The number of rotatable bonds is 6. The number of pyridine rings is 1. The van der Waals surface area contributed by atoms with Crippen LogP contribution in [-0.2, 0) is 0 Å². The van der Waals surface area contributed by atoms with E-state index in [2.05, 4.69) is 9.72 Å². The van der Waals surface area contributed by atoms with E-state index in [1.165, 1.54) is 23.2 Å². The topological polar surface area (TPSA) is 68.5 Å². The first-order valence-electron chi connectivity index (χ1n) is 6.65. The van der Waals surface area contributed by atoms with Gasteiger partial charge in [-0.1, -0.05) is 13.8 Å². The lowest BCUT2D eigenvalue weighted by molar-refractivity contribution is -0.154. The third kappa shape index (κ3) is 7.51. The van der Waals surface area contributed by atoms with E-state index in [1.54, 1.807) is 7.05 Å². The second kappa shape index (κ2) is 8.35. The fourth-order valence-electron chi connectivity index (χ4n) is 1.75. The average Bonchev–Trinajstić information content (AvgIpc) is 2.43. The molecule has 0 saturated carbocycles. The molecule has 132 valence electrons. The van der Waals surface area contributed by atoms with Gasteiger partial charge in [-0.25, -0.2) is 4.98 Å². The van der Waals surface area contributed by atoms with Crippen molar-refractivity contribution in [2.24, 2.45) is 11.1 Å². The molecule has 0 fully saturated rings. The van der Waals surface area contributed by atoms with Crippen LogP contribution < -0.4 is 10.5 Å². The number of aromatic nitrogens is 1. The van der Waals surface area contributed by atoms with Crippen LogP contribution in [0.3, 0.4) is 0 Å². The maximum atomic E-state index is 12.2. The molecule has 0 aliphatic carbocycles. The number of hydrogen-bond acceptors (Lipinski definition) is 4. The SMILES string of the molecule is CN(CC(C)(C)CN)C(=O)c1ccc(OCC(F)(F)F)nc1.Cl. The molecule has 1 aromatic heterocycles. The average molecular weight is 356 g/mol. The highest BCUT2D eigenvalue weighted by Crippen LogP contribution is 2.18. The van der Waals surface area contributed by atoms with Gasteiger partial charge < -0.3 is 15.4 Å². The predicted octanol–water partition coefficient (Wildman–Crippen LogP) is 2.50. The number of hydrogen-bond donors (Lipinski definition) is 1. The van der Waals surface area contributed by atoms with Crippen molar-refractivity contribution in [3.8, 4) is 5.88 Å². The standard InChI is InChI=1S/C14H20F3N3O2.ClH/c1-13(2,7-18)8-20(3)12(21)10-4-5-11(19-6-10)22-9-14(15,16)17;/h4-6H,7-9,18H2,1-3H3;1H. The summed E-state index contributed by atoms with van der Waals surface area (Å²) in [5.41, 5.74) is 5.67. The summed E-state index contributed by atoms with van der Waals surface area (Å²) in [7, 11) is 1.63. The Morgan fingerprint density at radius 2 is 1.96 bits per heavy atom. The van der Waals surface area contributed by atoms with Gasteiger partial charge in [-0.05, 0) is 18.0 Å². The lowest BCUT2D eigenvalue weighted by atomic mass is 9.93. The van der Waals surface area contributed by atoms with Gasteiger partial charge in [0.05, 0.1) is 5.56 Å². The van der Waals surface area contributed by atoms with E-state index in [0.717, 1.165) is 0 Å². The predicted molar refractivity (Wildman–Crippen MR) is 82.8 cm³/mol. The van der Waals surface area contributed by atoms with E-state index in [0.29, 0.717) is 13.1 Å². The van der Waals surface area contributed by atoms with Crippen molar-refractivity contribution in [2.75, 3.05) is 26.7 Å². The number of halogens is 4. The molecule has 23 heavy (non-hydrogen) atoms. The van der Waals surface area contributed by atoms with Gasteiger partial charge in [0.15, 0.2) is 6.61 Å². The summed E-state index contributed by atoms with van der Waals surface area (Å²) in [5.74, 6) is -0.463. The summed E-state index contributed by atoms with van der Waals surface area (Å²) in [6.07, 6.45) is -3.23. The highest BCUT2D eigenvalue weighted by Gasteiger charge is 2.28. The number of nitrogens with two attached hydrogens (primary N) is 1. The second-order valence-electron chi connectivity index (χ2n) is 5.82. The minimum absolute atomic E-state index is 0. The van der Waals surface area contributed by atoms with Gasteiger partial charge in [-0.3, -0.25) is 4.79 Å². The molecule has 9 heteroatoms. The largest absolute Gasteiger partial charge is 0.468 e. The summed E-state index contributed by atoms with van der Waals surface area (Å²) in [4.78, 5) is 17.4. The summed E-state index contributed by atoms with van der Waals surface area (Å²) in [5, 5.41) is 0. The molecule has 1 rings (SSSR count). The van der Waals surface area contributed by atoms with E-state index >= 15 is 0 Å². The number of alkyl halides is 3. The molecule has 1 heterocycles. The normalized spacial score (nSPS) is 11.6. The molecule has 2 N–H and O–H groups in total. The van der Waals surface area contributed by atoms with Gasteiger partial charge in [-0.2, -0.15) is 13.2 Å². The third-order valence-electron chi connectivity index (χ3n) is 2.93. The molecule has 0 aromatic carbocycles. The molecule has 0 spiro atoms. The van der Waals surface area contributed by atoms with E-state index in [9.17, 15) is 18.0 Å². The molecule has 0 atom stereocenters. The van der Waals surface area contributed by atoms with Crippen molar-refractivity contribution in [1.29, 1.82) is 0 Å². The second-order valence-corrected chi connectivity index (χ2v) is 5.82. The number of nitrogens with zero attached hydrogens (tertiary/aromatic N) is 2. The molecule has 0 radical (unpaired) electrons. The summed E-state index contributed by atoms with van der Waals surface area (Å²) < 4.78 is 40.6. The lowest BCUT2D eigenvalue weighted by Crippen LogP contribution is -2.39. The first-order chi connectivity index (χ1) is 10.0.